The zero-order valence-corrected chi connectivity index (χ0v) is 14.2. The fraction of sp³-hybridized carbons (Fsp3) is 0.294. The van der Waals surface area contributed by atoms with Crippen LogP contribution in [0.5, 0.6) is 0 Å². The van der Waals surface area contributed by atoms with E-state index in [9.17, 15) is 4.79 Å². The van der Waals surface area contributed by atoms with E-state index in [0.717, 1.165) is 13.1 Å². The lowest BCUT2D eigenvalue weighted by atomic mass is 10.2. The number of aromatic nitrogens is 1. The zero-order chi connectivity index (χ0) is 15.9. The number of hydrogen-bond donors (Lipinski definition) is 2. The summed E-state index contributed by atoms with van der Waals surface area (Å²) in [5.74, 6) is -0.189. The number of amides is 1. The number of halogens is 1. The molecule has 6 heteroatoms. The first-order valence-corrected chi connectivity index (χ1v) is 7.29. The van der Waals surface area contributed by atoms with Gasteiger partial charge in [-0.15, -0.1) is 12.4 Å². The van der Waals surface area contributed by atoms with E-state index in [1.807, 2.05) is 32.2 Å². The fourth-order valence-corrected chi connectivity index (χ4v) is 2.37. The number of pyridine rings is 1. The summed E-state index contributed by atoms with van der Waals surface area (Å²) < 4.78 is 0. The molecule has 1 aromatic carbocycles. The van der Waals surface area contributed by atoms with E-state index in [4.69, 9.17) is 5.73 Å². The number of likely N-dealkylation sites (N-methyl/N-ethyl adjacent to an activating group) is 1. The molecule has 0 aliphatic rings. The molecule has 5 nitrogen and oxygen atoms in total. The molecule has 0 aliphatic heterocycles. The van der Waals surface area contributed by atoms with E-state index in [1.165, 1.54) is 11.8 Å². The third-order valence-corrected chi connectivity index (χ3v) is 3.36. The van der Waals surface area contributed by atoms with E-state index >= 15 is 0 Å². The lowest BCUT2D eigenvalue weighted by molar-refractivity contribution is 0.0932. The van der Waals surface area contributed by atoms with Crippen molar-refractivity contribution in [2.45, 2.75) is 19.5 Å². The maximum Gasteiger partial charge on any atom is 0.255 e. The molecular formula is C17H23ClN4O. The lowest BCUT2D eigenvalue weighted by Gasteiger charge is -2.22. The summed E-state index contributed by atoms with van der Waals surface area (Å²) >= 11 is 0. The molecule has 0 radical (unpaired) electrons. The van der Waals surface area contributed by atoms with Gasteiger partial charge >= 0.3 is 0 Å². The van der Waals surface area contributed by atoms with E-state index in [1.54, 1.807) is 12.3 Å². The van der Waals surface area contributed by atoms with Crippen LogP contribution in [0.15, 0.2) is 48.8 Å². The Hall–Kier alpha value is -2.11. The van der Waals surface area contributed by atoms with Gasteiger partial charge < -0.3 is 16.0 Å². The van der Waals surface area contributed by atoms with Crippen LogP contribution in [0.25, 0.3) is 0 Å². The van der Waals surface area contributed by atoms with E-state index < -0.39 is 0 Å². The van der Waals surface area contributed by atoms with Crippen molar-refractivity contribution in [1.29, 1.82) is 0 Å². The van der Waals surface area contributed by atoms with Crippen LogP contribution in [0.2, 0.25) is 0 Å². The van der Waals surface area contributed by atoms with Crippen molar-refractivity contribution < 1.29 is 4.79 Å². The van der Waals surface area contributed by atoms with Crippen LogP contribution in [-0.4, -0.2) is 35.4 Å². The number of nitrogens with two attached hydrogens (primary N) is 1. The molecular weight excluding hydrogens is 312 g/mol. The van der Waals surface area contributed by atoms with Crippen LogP contribution in [0, 0.1) is 0 Å². The van der Waals surface area contributed by atoms with Crippen molar-refractivity contribution in [3.63, 3.8) is 0 Å². The molecule has 2 aromatic rings. The highest BCUT2D eigenvalue weighted by atomic mass is 35.5. The molecule has 3 N–H and O–H groups in total. The fourth-order valence-electron chi connectivity index (χ4n) is 2.37. The van der Waals surface area contributed by atoms with E-state index in [2.05, 4.69) is 27.3 Å². The number of carbonyl (C=O) groups excluding carboxylic acids is 1. The number of hydrogen-bond acceptors (Lipinski definition) is 4. The Morgan fingerprint density at radius 3 is 2.65 bits per heavy atom. The third kappa shape index (κ3) is 5.88. The summed E-state index contributed by atoms with van der Waals surface area (Å²) in [6.45, 7) is 3.57. The Morgan fingerprint density at radius 1 is 1.30 bits per heavy atom. The largest absolute Gasteiger partial charge is 0.398 e. The van der Waals surface area contributed by atoms with Crippen molar-refractivity contribution in [1.82, 2.24) is 15.2 Å². The molecule has 0 spiro atoms. The van der Waals surface area contributed by atoms with Crippen LogP contribution in [-0.2, 0) is 6.54 Å². The molecule has 1 unspecified atom stereocenters. The second-order valence-corrected chi connectivity index (χ2v) is 5.52. The minimum atomic E-state index is -0.189. The maximum atomic E-state index is 12.2. The van der Waals surface area contributed by atoms with Gasteiger partial charge in [0.05, 0.1) is 5.56 Å². The molecule has 0 saturated carbocycles. The quantitative estimate of drug-likeness (QED) is 0.850. The number of nitrogens with zero attached hydrogens (tertiary/aromatic N) is 2. The predicted molar refractivity (Wildman–Crippen MR) is 95.6 cm³/mol. The van der Waals surface area contributed by atoms with Gasteiger partial charge in [0.25, 0.3) is 5.91 Å². The molecule has 0 bridgehead atoms. The number of anilines is 1. The Bertz CT molecular complexity index is 621. The van der Waals surface area contributed by atoms with Crippen molar-refractivity contribution in [2.75, 3.05) is 19.3 Å². The summed E-state index contributed by atoms with van der Waals surface area (Å²) in [6.07, 6.45) is 3.06. The van der Waals surface area contributed by atoms with Gasteiger partial charge in [0.2, 0.25) is 0 Å². The first-order valence-electron chi connectivity index (χ1n) is 7.29. The van der Waals surface area contributed by atoms with Crippen LogP contribution in [0.3, 0.4) is 0 Å². The van der Waals surface area contributed by atoms with Gasteiger partial charge in [-0.2, -0.15) is 0 Å². The lowest BCUT2D eigenvalue weighted by Crippen LogP contribution is -2.40. The highest BCUT2D eigenvalue weighted by Gasteiger charge is 2.14. The van der Waals surface area contributed by atoms with Crippen LogP contribution < -0.4 is 11.1 Å². The van der Waals surface area contributed by atoms with Gasteiger partial charge in [0, 0.05) is 37.2 Å². The monoisotopic (exact) mass is 334 g/mol. The Kier molecular flexibility index (Phi) is 7.51. The molecule has 1 atom stereocenters. The highest BCUT2D eigenvalue weighted by molar-refractivity contribution is 5.98. The number of carbonyl (C=O) groups is 1. The first-order chi connectivity index (χ1) is 10.6. The van der Waals surface area contributed by atoms with E-state index in [-0.39, 0.29) is 24.4 Å². The van der Waals surface area contributed by atoms with Crippen molar-refractivity contribution in [3.8, 4) is 0 Å². The van der Waals surface area contributed by atoms with Gasteiger partial charge in [-0.05, 0) is 25.6 Å². The zero-order valence-electron chi connectivity index (χ0n) is 13.4. The Balaban J connectivity index is 0.00000264. The molecule has 124 valence electrons. The molecule has 1 heterocycles. The van der Waals surface area contributed by atoms with Crippen molar-refractivity contribution in [3.05, 3.63) is 59.9 Å². The number of benzene rings is 1. The van der Waals surface area contributed by atoms with Crippen molar-refractivity contribution in [2.24, 2.45) is 0 Å². The van der Waals surface area contributed by atoms with Crippen LogP contribution >= 0.6 is 12.4 Å². The first kappa shape index (κ1) is 18.9. The van der Waals surface area contributed by atoms with Gasteiger partial charge in [0.15, 0.2) is 0 Å². The topological polar surface area (TPSA) is 71.2 Å². The summed E-state index contributed by atoms with van der Waals surface area (Å²) in [5.41, 5.74) is 7.90. The summed E-state index contributed by atoms with van der Waals surface area (Å²) in [6, 6.07) is 11.9. The van der Waals surface area contributed by atoms with Crippen molar-refractivity contribution >= 4 is 24.0 Å². The minimum Gasteiger partial charge on any atom is -0.398 e. The summed E-state index contributed by atoms with van der Waals surface area (Å²) in [4.78, 5) is 18.3. The molecule has 0 aliphatic carbocycles. The normalized spacial score (nSPS) is 11.6. The Labute approximate surface area is 143 Å². The molecule has 1 aromatic heterocycles. The van der Waals surface area contributed by atoms with Gasteiger partial charge in [-0.1, -0.05) is 30.3 Å². The number of nitrogens with one attached hydrogen (secondary N) is 1. The standard InChI is InChI=1S/C17H22N4O.ClH/c1-13(11-21(2)12-14-6-4-3-5-7-14)20-17(22)15-10-19-9-8-16(15)18;/h3-10,13H,11-12H2,1-2H3,(H2,18,19)(H,20,22);1H. The molecule has 0 saturated heterocycles. The van der Waals surface area contributed by atoms with Gasteiger partial charge in [-0.3, -0.25) is 9.78 Å². The van der Waals surface area contributed by atoms with Gasteiger partial charge in [-0.25, -0.2) is 0 Å². The van der Waals surface area contributed by atoms with Gasteiger partial charge in [0.1, 0.15) is 0 Å². The summed E-state index contributed by atoms with van der Waals surface area (Å²) in [7, 11) is 2.04. The number of rotatable bonds is 6. The molecule has 1 amide bonds. The third-order valence-electron chi connectivity index (χ3n) is 3.36. The average molecular weight is 335 g/mol. The van der Waals surface area contributed by atoms with Crippen LogP contribution in [0.1, 0.15) is 22.8 Å². The predicted octanol–water partition coefficient (Wildman–Crippen LogP) is 2.34. The number of nitrogen functional groups attached to an aromatic ring is 1. The second-order valence-electron chi connectivity index (χ2n) is 5.52. The summed E-state index contributed by atoms with van der Waals surface area (Å²) in [5, 5.41) is 2.95. The van der Waals surface area contributed by atoms with Crippen LogP contribution in [0.4, 0.5) is 5.69 Å². The molecule has 23 heavy (non-hydrogen) atoms. The average Bonchev–Trinajstić information content (AvgIpc) is 2.48. The molecule has 0 fully saturated rings. The second kappa shape index (κ2) is 9.12. The highest BCUT2D eigenvalue weighted by Crippen LogP contribution is 2.09. The smallest absolute Gasteiger partial charge is 0.255 e. The SMILES string of the molecule is CC(CN(C)Cc1ccccc1)NC(=O)c1cnccc1N.Cl. The Morgan fingerprint density at radius 2 is 2.00 bits per heavy atom. The minimum absolute atomic E-state index is 0. The molecule has 2 rings (SSSR count). The van der Waals surface area contributed by atoms with E-state index in [0.29, 0.717) is 11.3 Å². The maximum absolute atomic E-state index is 12.2.